The van der Waals surface area contributed by atoms with Crippen LogP contribution in [0.3, 0.4) is 0 Å². The van der Waals surface area contributed by atoms with Crippen LogP contribution in [0, 0.1) is 12.7 Å². The summed E-state index contributed by atoms with van der Waals surface area (Å²) in [6.45, 7) is 3.49. The molecule has 7 heteroatoms. The maximum atomic E-state index is 14.2. The van der Waals surface area contributed by atoms with E-state index in [9.17, 15) is 9.18 Å². The number of carbonyl (C=O) groups is 1. The van der Waals surface area contributed by atoms with Crippen molar-refractivity contribution >= 4 is 11.7 Å². The number of hydrogen-bond acceptors (Lipinski definition) is 4. The van der Waals surface area contributed by atoms with Gasteiger partial charge in [-0.05, 0) is 37.5 Å². The van der Waals surface area contributed by atoms with Crippen LogP contribution in [0.2, 0.25) is 0 Å². The van der Waals surface area contributed by atoms with Gasteiger partial charge in [0, 0.05) is 24.7 Å². The van der Waals surface area contributed by atoms with Crippen LogP contribution in [-0.4, -0.2) is 30.1 Å². The van der Waals surface area contributed by atoms with Crippen molar-refractivity contribution in [1.82, 2.24) is 15.6 Å². The third-order valence-corrected chi connectivity index (χ3v) is 5.21. The van der Waals surface area contributed by atoms with Crippen molar-refractivity contribution in [2.75, 3.05) is 18.0 Å². The normalized spacial score (nSPS) is 16.3. The van der Waals surface area contributed by atoms with Gasteiger partial charge in [0.25, 0.3) is 0 Å². The molecular formula is C23H25FN4O2. The lowest BCUT2D eigenvalue weighted by molar-refractivity contribution is 0.233. The van der Waals surface area contributed by atoms with E-state index in [4.69, 9.17) is 4.42 Å². The Kier molecular flexibility index (Phi) is 5.97. The molecule has 0 saturated carbocycles. The zero-order valence-corrected chi connectivity index (χ0v) is 16.9. The quantitative estimate of drug-likeness (QED) is 0.662. The molecule has 0 radical (unpaired) electrons. The number of nitrogens with one attached hydrogen (secondary N) is 2. The SMILES string of the molecule is Cc1ccc(F)c(N2CCCC(NC(=O)NCc3ncc(-c4ccccc4)o3)C2)c1. The zero-order valence-electron chi connectivity index (χ0n) is 16.9. The van der Waals surface area contributed by atoms with Gasteiger partial charge in [0.05, 0.1) is 18.4 Å². The highest BCUT2D eigenvalue weighted by Gasteiger charge is 2.23. The third-order valence-electron chi connectivity index (χ3n) is 5.21. The molecule has 1 unspecified atom stereocenters. The standard InChI is InChI=1S/C23H25FN4O2/c1-16-9-10-19(24)20(12-16)28-11-5-8-18(15-28)27-23(29)26-14-22-25-13-21(30-22)17-6-3-2-4-7-17/h2-4,6-7,9-10,12-13,18H,5,8,11,14-15H2,1H3,(H2,26,27,29). The fourth-order valence-corrected chi connectivity index (χ4v) is 3.70. The molecule has 0 spiro atoms. The topological polar surface area (TPSA) is 70.4 Å². The first kappa shape index (κ1) is 19.9. The van der Waals surface area contributed by atoms with Crippen LogP contribution in [0.5, 0.6) is 0 Å². The molecule has 156 valence electrons. The summed E-state index contributed by atoms with van der Waals surface area (Å²) in [6, 6.07) is 14.4. The summed E-state index contributed by atoms with van der Waals surface area (Å²) in [5, 5.41) is 5.77. The van der Waals surface area contributed by atoms with Crippen molar-refractivity contribution in [3.8, 4) is 11.3 Å². The highest BCUT2D eigenvalue weighted by atomic mass is 19.1. The zero-order chi connectivity index (χ0) is 20.9. The largest absolute Gasteiger partial charge is 0.439 e. The predicted octanol–water partition coefficient (Wildman–Crippen LogP) is 4.26. The van der Waals surface area contributed by atoms with Crippen LogP contribution in [0.4, 0.5) is 14.9 Å². The fourth-order valence-electron chi connectivity index (χ4n) is 3.70. The van der Waals surface area contributed by atoms with E-state index in [0.29, 0.717) is 23.9 Å². The van der Waals surface area contributed by atoms with Gasteiger partial charge >= 0.3 is 6.03 Å². The van der Waals surface area contributed by atoms with E-state index in [1.54, 1.807) is 12.3 Å². The third kappa shape index (κ3) is 4.79. The number of halogens is 1. The number of nitrogens with zero attached hydrogens (tertiary/aromatic N) is 2. The van der Waals surface area contributed by atoms with Crippen molar-refractivity contribution in [1.29, 1.82) is 0 Å². The van der Waals surface area contributed by atoms with E-state index in [-0.39, 0.29) is 24.4 Å². The van der Waals surface area contributed by atoms with E-state index in [2.05, 4.69) is 15.6 Å². The van der Waals surface area contributed by atoms with E-state index in [1.165, 1.54) is 6.07 Å². The number of carbonyl (C=O) groups excluding carboxylic acids is 1. The molecule has 6 nitrogen and oxygen atoms in total. The van der Waals surface area contributed by atoms with Crippen LogP contribution >= 0.6 is 0 Å². The summed E-state index contributed by atoms with van der Waals surface area (Å²) < 4.78 is 19.9. The first-order valence-corrected chi connectivity index (χ1v) is 10.1. The van der Waals surface area contributed by atoms with Gasteiger partial charge in [-0.25, -0.2) is 14.2 Å². The maximum absolute atomic E-state index is 14.2. The number of aryl methyl sites for hydroxylation is 1. The molecule has 1 aliphatic rings. The number of piperidine rings is 1. The number of benzene rings is 2. The highest BCUT2D eigenvalue weighted by Crippen LogP contribution is 2.24. The van der Waals surface area contributed by atoms with Crippen molar-refractivity contribution in [3.63, 3.8) is 0 Å². The van der Waals surface area contributed by atoms with Crippen LogP contribution < -0.4 is 15.5 Å². The summed E-state index contributed by atoms with van der Waals surface area (Å²) in [5.74, 6) is 0.871. The minimum atomic E-state index is -0.286. The first-order valence-electron chi connectivity index (χ1n) is 10.1. The molecule has 3 aromatic rings. The van der Waals surface area contributed by atoms with E-state index >= 15 is 0 Å². The molecule has 2 heterocycles. The molecule has 1 aliphatic heterocycles. The van der Waals surface area contributed by atoms with E-state index in [0.717, 1.165) is 30.5 Å². The molecular weight excluding hydrogens is 383 g/mol. The molecule has 1 aromatic heterocycles. The highest BCUT2D eigenvalue weighted by molar-refractivity contribution is 5.74. The molecule has 4 rings (SSSR count). The Hall–Kier alpha value is -3.35. The number of oxazole rings is 1. The number of hydrogen-bond donors (Lipinski definition) is 2. The van der Waals surface area contributed by atoms with Crippen molar-refractivity contribution < 1.29 is 13.6 Å². The van der Waals surface area contributed by atoms with Gasteiger partial charge in [-0.15, -0.1) is 0 Å². The second kappa shape index (κ2) is 8.98. The Balaban J connectivity index is 1.30. The number of amides is 2. The monoisotopic (exact) mass is 408 g/mol. The molecule has 0 bridgehead atoms. The minimum Gasteiger partial charge on any atom is -0.439 e. The molecule has 30 heavy (non-hydrogen) atoms. The van der Waals surface area contributed by atoms with E-state index in [1.807, 2.05) is 48.2 Å². The van der Waals surface area contributed by atoms with Crippen molar-refractivity contribution in [2.24, 2.45) is 0 Å². The summed E-state index contributed by atoms with van der Waals surface area (Å²) >= 11 is 0. The molecule has 1 atom stereocenters. The van der Waals surface area contributed by atoms with Crippen molar-refractivity contribution in [2.45, 2.75) is 32.4 Å². The molecule has 1 fully saturated rings. The van der Waals surface area contributed by atoms with Gasteiger partial charge in [-0.2, -0.15) is 0 Å². The minimum absolute atomic E-state index is 0.0527. The first-order chi connectivity index (χ1) is 14.6. The lowest BCUT2D eigenvalue weighted by Gasteiger charge is -2.35. The Bertz CT molecular complexity index is 1010. The second-order valence-electron chi connectivity index (χ2n) is 7.55. The summed E-state index contributed by atoms with van der Waals surface area (Å²) in [7, 11) is 0. The summed E-state index contributed by atoms with van der Waals surface area (Å²) in [5.41, 5.74) is 2.54. The van der Waals surface area contributed by atoms with Crippen LogP contribution in [0.15, 0.2) is 59.1 Å². The van der Waals surface area contributed by atoms with Gasteiger partial charge < -0.3 is 20.0 Å². The van der Waals surface area contributed by atoms with Gasteiger partial charge in [-0.1, -0.05) is 36.4 Å². The number of rotatable bonds is 5. The van der Waals surface area contributed by atoms with E-state index < -0.39 is 0 Å². The average Bonchev–Trinajstić information content (AvgIpc) is 3.24. The number of urea groups is 1. The molecule has 2 N–H and O–H groups in total. The Morgan fingerprint density at radius 3 is 2.93 bits per heavy atom. The average molecular weight is 408 g/mol. The predicted molar refractivity (Wildman–Crippen MR) is 114 cm³/mol. The smallest absolute Gasteiger partial charge is 0.315 e. The van der Waals surface area contributed by atoms with Gasteiger partial charge in [0.1, 0.15) is 5.82 Å². The fraction of sp³-hybridized carbons (Fsp3) is 0.304. The van der Waals surface area contributed by atoms with Crippen LogP contribution in [0.1, 0.15) is 24.3 Å². The Morgan fingerprint density at radius 2 is 2.10 bits per heavy atom. The molecule has 2 amide bonds. The van der Waals surface area contributed by atoms with Crippen LogP contribution in [-0.2, 0) is 6.54 Å². The lowest BCUT2D eigenvalue weighted by Crippen LogP contribution is -2.50. The number of aromatic nitrogens is 1. The molecule has 1 saturated heterocycles. The molecule has 2 aromatic carbocycles. The maximum Gasteiger partial charge on any atom is 0.315 e. The lowest BCUT2D eigenvalue weighted by atomic mass is 10.0. The second-order valence-corrected chi connectivity index (χ2v) is 7.55. The van der Waals surface area contributed by atoms with Crippen LogP contribution in [0.25, 0.3) is 11.3 Å². The Morgan fingerprint density at radius 1 is 1.27 bits per heavy atom. The molecule has 0 aliphatic carbocycles. The van der Waals surface area contributed by atoms with Gasteiger partial charge in [-0.3, -0.25) is 0 Å². The summed E-state index contributed by atoms with van der Waals surface area (Å²) in [4.78, 5) is 18.6. The van der Waals surface area contributed by atoms with Gasteiger partial charge in [0.2, 0.25) is 5.89 Å². The summed E-state index contributed by atoms with van der Waals surface area (Å²) in [6.07, 6.45) is 3.40. The number of anilines is 1. The van der Waals surface area contributed by atoms with Crippen molar-refractivity contribution in [3.05, 3.63) is 72.0 Å². The Labute approximate surface area is 175 Å². The van der Waals surface area contributed by atoms with Gasteiger partial charge in [0.15, 0.2) is 5.76 Å².